The van der Waals surface area contributed by atoms with Crippen molar-refractivity contribution in [3.05, 3.63) is 28.8 Å². The third-order valence-corrected chi connectivity index (χ3v) is 3.91. The van der Waals surface area contributed by atoms with Crippen LogP contribution < -0.4 is 4.90 Å². The summed E-state index contributed by atoms with van der Waals surface area (Å²) in [7, 11) is 0. The first-order valence-electron chi connectivity index (χ1n) is 6.92. The molecule has 0 spiro atoms. The zero-order valence-electron chi connectivity index (χ0n) is 12.0. The average molecular weight is 290 g/mol. The molecule has 0 saturated carbocycles. The molecule has 1 aromatic carbocycles. The summed E-state index contributed by atoms with van der Waals surface area (Å²) in [5, 5.41) is -0.0194. The Morgan fingerprint density at radius 3 is 2.37 bits per heavy atom. The lowest BCUT2D eigenvalue weighted by atomic mass is 9.96. The van der Waals surface area contributed by atoms with E-state index in [-0.39, 0.29) is 5.02 Å². The van der Waals surface area contributed by atoms with Gasteiger partial charge in [0.25, 0.3) is 0 Å². The van der Waals surface area contributed by atoms with Crippen LogP contribution in [0.3, 0.4) is 0 Å². The smallest absolute Gasteiger partial charge is 0.149 e. The van der Waals surface area contributed by atoms with E-state index in [0.29, 0.717) is 17.5 Å². The molecule has 0 aliphatic carbocycles. The molecule has 1 aliphatic heterocycles. The number of halogens is 3. The first-order chi connectivity index (χ1) is 9.02. The molecule has 1 nitrogen and oxygen atoms in total. The molecule has 0 amide bonds. The van der Waals surface area contributed by atoms with Gasteiger partial charge in [0.1, 0.15) is 11.6 Å². The van der Waals surface area contributed by atoms with Crippen molar-refractivity contribution in [2.45, 2.75) is 34.1 Å². The minimum Gasteiger partial charge on any atom is -0.369 e. The number of hydrogen-bond donors (Lipinski definition) is 0. The van der Waals surface area contributed by atoms with Crippen molar-refractivity contribution < 1.29 is 8.78 Å². The second-order valence-electron chi connectivity index (χ2n) is 4.77. The number of benzene rings is 1. The molecule has 0 N–H and O–H groups in total. The highest BCUT2D eigenvalue weighted by atomic mass is 35.5. The van der Waals surface area contributed by atoms with Gasteiger partial charge in [0.2, 0.25) is 0 Å². The summed E-state index contributed by atoms with van der Waals surface area (Å²) >= 11 is 5.70. The molecule has 108 valence electrons. The molecule has 1 fully saturated rings. The first-order valence-corrected chi connectivity index (χ1v) is 7.30. The van der Waals surface area contributed by atoms with Crippen LogP contribution in [0.2, 0.25) is 5.02 Å². The number of nitrogens with zero attached hydrogens (tertiary/aromatic N) is 1. The molecule has 2 atom stereocenters. The molecule has 1 heterocycles. The largest absolute Gasteiger partial charge is 0.369 e. The first kappa shape index (κ1) is 16.2. The van der Waals surface area contributed by atoms with E-state index in [9.17, 15) is 8.78 Å². The number of hydrogen-bond acceptors (Lipinski definition) is 1. The molecular weight excluding hydrogens is 268 g/mol. The van der Waals surface area contributed by atoms with Gasteiger partial charge in [0, 0.05) is 19.2 Å². The molecule has 2 rings (SSSR count). The van der Waals surface area contributed by atoms with Crippen LogP contribution in [0, 0.1) is 23.5 Å². The van der Waals surface area contributed by atoms with Crippen LogP contribution in [0.4, 0.5) is 14.5 Å². The lowest BCUT2D eigenvalue weighted by molar-refractivity contribution is 0.440. The lowest BCUT2D eigenvalue weighted by Crippen LogP contribution is -2.21. The molecular formula is C15H22ClF2N. The fourth-order valence-electron chi connectivity index (χ4n) is 2.52. The van der Waals surface area contributed by atoms with E-state index >= 15 is 0 Å². The highest BCUT2D eigenvalue weighted by molar-refractivity contribution is 6.31. The molecule has 4 heteroatoms. The van der Waals surface area contributed by atoms with Gasteiger partial charge in [-0.3, -0.25) is 0 Å². The van der Waals surface area contributed by atoms with Gasteiger partial charge in [0.15, 0.2) is 0 Å². The van der Waals surface area contributed by atoms with Crippen LogP contribution in [0.1, 0.15) is 34.1 Å². The van der Waals surface area contributed by atoms with E-state index in [4.69, 9.17) is 11.6 Å². The van der Waals surface area contributed by atoms with Crippen molar-refractivity contribution in [3.63, 3.8) is 0 Å². The summed E-state index contributed by atoms with van der Waals surface area (Å²) in [5.74, 6) is -0.135. The Labute approximate surface area is 119 Å². The van der Waals surface area contributed by atoms with Gasteiger partial charge in [-0.05, 0) is 17.9 Å². The zero-order chi connectivity index (χ0) is 14.6. The van der Waals surface area contributed by atoms with Gasteiger partial charge in [-0.2, -0.15) is 0 Å². The van der Waals surface area contributed by atoms with Crippen molar-refractivity contribution in [1.29, 1.82) is 0 Å². The Morgan fingerprint density at radius 1 is 1.21 bits per heavy atom. The Morgan fingerprint density at radius 2 is 1.84 bits per heavy atom. The molecule has 1 aromatic rings. The van der Waals surface area contributed by atoms with Crippen molar-refractivity contribution in [2.75, 3.05) is 18.0 Å². The predicted octanol–water partition coefficient (Wildman–Crippen LogP) is 5.13. The minimum atomic E-state index is -0.702. The predicted molar refractivity (Wildman–Crippen MR) is 77.9 cm³/mol. The third kappa shape index (κ3) is 3.59. The van der Waals surface area contributed by atoms with E-state index in [2.05, 4.69) is 13.8 Å². The Bertz CT molecular complexity index is 423. The van der Waals surface area contributed by atoms with Crippen LogP contribution in [0.25, 0.3) is 0 Å². The van der Waals surface area contributed by atoms with Crippen LogP contribution in [-0.4, -0.2) is 13.1 Å². The van der Waals surface area contributed by atoms with E-state index in [0.717, 1.165) is 25.6 Å². The Hall–Kier alpha value is -0.830. The van der Waals surface area contributed by atoms with E-state index < -0.39 is 11.6 Å². The van der Waals surface area contributed by atoms with Crippen molar-refractivity contribution in [3.8, 4) is 0 Å². The SMILES string of the molecule is CC.CCC1CN(c2cc(Cl)c(F)cc2F)CC1C. The second kappa shape index (κ2) is 7.09. The summed E-state index contributed by atoms with van der Waals surface area (Å²) in [6.07, 6.45) is 1.08. The molecule has 0 aromatic heterocycles. The van der Waals surface area contributed by atoms with Gasteiger partial charge in [0.05, 0.1) is 10.7 Å². The summed E-state index contributed by atoms with van der Waals surface area (Å²) in [6, 6.07) is 2.25. The maximum atomic E-state index is 13.7. The molecule has 0 bridgehead atoms. The minimum absolute atomic E-state index is 0.0194. The maximum absolute atomic E-state index is 13.7. The molecule has 2 unspecified atom stereocenters. The monoisotopic (exact) mass is 289 g/mol. The molecule has 1 saturated heterocycles. The van der Waals surface area contributed by atoms with E-state index in [1.165, 1.54) is 6.07 Å². The quantitative estimate of drug-likeness (QED) is 0.683. The van der Waals surface area contributed by atoms with Crippen LogP contribution in [0.5, 0.6) is 0 Å². The third-order valence-electron chi connectivity index (χ3n) is 3.62. The van der Waals surface area contributed by atoms with Gasteiger partial charge >= 0.3 is 0 Å². The van der Waals surface area contributed by atoms with Crippen molar-refractivity contribution in [1.82, 2.24) is 0 Å². The van der Waals surface area contributed by atoms with Crippen LogP contribution in [0.15, 0.2) is 12.1 Å². The fourth-order valence-corrected chi connectivity index (χ4v) is 2.67. The van der Waals surface area contributed by atoms with Crippen molar-refractivity contribution >= 4 is 17.3 Å². The topological polar surface area (TPSA) is 3.24 Å². The highest BCUT2D eigenvalue weighted by Crippen LogP contribution is 2.33. The molecule has 19 heavy (non-hydrogen) atoms. The van der Waals surface area contributed by atoms with Gasteiger partial charge in [-0.25, -0.2) is 8.78 Å². The lowest BCUT2D eigenvalue weighted by Gasteiger charge is -2.19. The fraction of sp³-hybridized carbons (Fsp3) is 0.600. The van der Waals surface area contributed by atoms with E-state index in [1.54, 1.807) is 0 Å². The van der Waals surface area contributed by atoms with Gasteiger partial charge < -0.3 is 4.90 Å². The Kier molecular flexibility index (Phi) is 6.05. The molecule has 1 aliphatic rings. The van der Waals surface area contributed by atoms with Gasteiger partial charge in [-0.1, -0.05) is 45.7 Å². The summed E-state index contributed by atoms with van der Waals surface area (Å²) in [4.78, 5) is 1.96. The second-order valence-corrected chi connectivity index (χ2v) is 5.18. The van der Waals surface area contributed by atoms with Crippen LogP contribution >= 0.6 is 11.6 Å². The maximum Gasteiger partial charge on any atom is 0.149 e. The summed E-state index contributed by atoms with van der Waals surface area (Å²) < 4.78 is 26.8. The van der Waals surface area contributed by atoms with Gasteiger partial charge in [-0.15, -0.1) is 0 Å². The summed E-state index contributed by atoms with van der Waals surface area (Å²) in [6.45, 7) is 9.92. The average Bonchev–Trinajstić information content (AvgIpc) is 2.77. The Balaban J connectivity index is 0.000000861. The standard InChI is InChI=1S/C13H16ClF2N.C2H6/c1-3-9-7-17(6-8(9)2)13-4-10(14)11(15)5-12(13)16;1-2/h4-5,8-9H,3,6-7H2,1-2H3;1-2H3. The molecule has 0 radical (unpaired) electrons. The normalized spacial score (nSPS) is 22.2. The number of rotatable bonds is 2. The summed E-state index contributed by atoms with van der Waals surface area (Å²) in [5.41, 5.74) is 0.416. The van der Waals surface area contributed by atoms with Crippen LogP contribution in [-0.2, 0) is 0 Å². The highest BCUT2D eigenvalue weighted by Gasteiger charge is 2.30. The van der Waals surface area contributed by atoms with Crippen molar-refractivity contribution in [2.24, 2.45) is 11.8 Å². The van der Waals surface area contributed by atoms with E-state index in [1.807, 2.05) is 18.7 Å². The zero-order valence-corrected chi connectivity index (χ0v) is 12.8. The number of anilines is 1.